The molecule has 3 nitrogen and oxygen atoms in total. The van der Waals surface area contributed by atoms with Crippen molar-refractivity contribution in [3.63, 3.8) is 0 Å². The zero-order valence-corrected chi connectivity index (χ0v) is 9.45. The molecule has 16 heavy (non-hydrogen) atoms. The molecule has 0 radical (unpaired) electrons. The number of nitrogens with one attached hydrogen (secondary N) is 1. The van der Waals surface area contributed by atoms with Crippen LogP contribution in [0.5, 0.6) is 0 Å². The van der Waals surface area contributed by atoms with Crippen molar-refractivity contribution in [2.45, 2.75) is 20.3 Å². The Bertz CT molecular complexity index is 525. The minimum absolute atomic E-state index is 0.534. The highest BCUT2D eigenvalue weighted by Crippen LogP contribution is 2.27. The van der Waals surface area contributed by atoms with Gasteiger partial charge in [0, 0.05) is 17.1 Å². The van der Waals surface area contributed by atoms with Crippen molar-refractivity contribution < 1.29 is 9.90 Å². The molecule has 1 aromatic carbocycles. The summed E-state index contributed by atoms with van der Waals surface area (Å²) in [4.78, 5) is 14.2. The van der Waals surface area contributed by atoms with Crippen LogP contribution in [0.1, 0.15) is 19.4 Å². The Morgan fingerprint density at radius 1 is 1.38 bits per heavy atom. The van der Waals surface area contributed by atoms with Crippen molar-refractivity contribution in [2.24, 2.45) is 5.41 Å². The number of hydrogen-bond acceptors (Lipinski definition) is 1. The second kappa shape index (κ2) is 3.67. The van der Waals surface area contributed by atoms with E-state index in [1.165, 1.54) is 0 Å². The average Bonchev–Trinajstić information content (AvgIpc) is 2.61. The third kappa shape index (κ3) is 1.81. The minimum Gasteiger partial charge on any atom is -0.481 e. The maximum Gasteiger partial charge on any atom is 0.309 e. The van der Waals surface area contributed by atoms with E-state index >= 15 is 0 Å². The average molecular weight is 217 g/mol. The molecule has 2 rings (SSSR count). The molecular weight excluding hydrogens is 202 g/mol. The number of aromatic amines is 1. The molecule has 0 bridgehead atoms. The van der Waals surface area contributed by atoms with Crippen molar-refractivity contribution in [3.8, 4) is 0 Å². The van der Waals surface area contributed by atoms with E-state index in [-0.39, 0.29) is 0 Å². The van der Waals surface area contributed by atoms with E-state index in [1.54, 1.807) is 13.8 Å². The predicted molar refractivity (Wildman–Crippen MR) is 63.4 cm³/mol. The first-order valence-corrected chi connectivity index (χ1v) is 5.29. The fourth-order valence-corrected chi connectivity index (χ4v) is 1.83. The maximum atomic E-state index is 11.1. The van der Waals surface area contributed by atoms with Gasteiger partial charge in [-0.15, -0.1) is 0 Å². The molecule has 0 saturated heterocycles. The number of benzene rings is 1. The van der Waals surface area contributed by atoms with E-state index in [9.17, 15) is 4.79 Å². The Balaban J connectivity index is 2.38. The lowest BCUT2D eigenvalue weighted by molar-refractivity contribution is -0.146. The number of carbonyl (C=O) groups is 1. The third-order valence-electron chi connectivity index (χ3n) is 2.89. The first kappa shape index (κ1) is 10.7. The summed E-state index contributed by atoms with van der Waals surface area (Å²) < 4.78 is 0. The van der Waals surface area contributed by atoms with E-state index in [0.29, 0.717) is 6.42 Å². The fraction of sp³-hybridized carbons (Fsp3) is 0.308. The lowest BCUT2D eigenvalue weighted by Crippen LogP contribution is -2.26. The summed E-state index contributed by atoms with van der Waals surface area (Å²) in [6, 6.07) is 7.93. The number of H-pyrrole nitrogens is 1. The molecule has 84 valence electrons. The number of para-hydroxylation sites is 1. The molecule has 1 aromatic heterocycles. The van der Waals surface area contributed by atoms with Crippen LogP contribution in [-0.2, 0) is 11.2 Å². The first-order chi connectivity index (χ1) is 7.50. The number of aromatic nitrogens is 1. The lowest BCUT2D eigenvalue weighted by Gasteiger charge is -2.18. The Morgan fingerprint density at radius 2 is 2.06 bits per heavy atom. The molecule has 2 N–H and O–H groups in total. The molecule has 0 saturated carbocycles. The van der Waals surface area contributed by atoms with E-state index in [2.05, 4.69) is 4.98 Å². The number of rotatable bonds is 3. The smallest absolute Gasteiger partial charge is 0.309 e. The molecule has 0 fully saturated rings. The highest BCUT2D eigenvalue weighted by atomic mass is 16.4. The summed E-state index contributed by atoms with van der Waals surface area (Å²) in [7, 11) is 0. The van der Waals surface area contributed by atoms with Gasteiger partial charge in [0.15, 0.2) is 0 Å². The van der Waals surface area contributed by atoms with Gasteiger partial charge in [-0.2, -0.15) is 0 Å². The van der Waals surface area contributed by atoms with Crippen molar-refractivity contribution in [1.82, 2.24) is 4.98 Å². The van der Waals surface area contributed by atoms with E-state index in [1.807, 2.05) is 30.5 Å². The van der Waals surface area contributed by atoms with Crippen LogP contribution in [0.4, 0.5) is 0 Å². The number of carboxylic acid groups (broad SMARTS) is 1. The SMILES string of the molecule is CC(C)(Cc1c[nH]c2ccccc12)C(=O)O. The molecule has 0 spiro atoms. The number of aliphatic carboxylic acids is 1. The number of hydrogen-bond donors (Lipinski definition) is 2. The number of carboxylic acids is 1. The molecular formula is C13H15NO2. The summed E-state index contributed by atoms with van der Waals surface area (Å²) in [5.41, 5.74) is 1.38. The minimum atomic E-state index is -0.766. The summed E-state index contributed by atoms with van der Waals surface area (Å²) in [5.74, 6) is -0.766. The highest BCUT2D eigenvalue weighted by molar-refractivity contribution is 5.84. The topological polar surface area (TPSA) is 53.1 Å². The fourth-order valence-electron chi connectivity index (χ4n) is 1.83. The molecule has 0 amide bonds. The number of fused-ring (bicyclic) bond motifs is 1. The van der Waals surface area contributed by atoms with Gasteiger partial charge >= 0.3 is 5.97 Å². The predicted octanol–water partition coefficient (Wildman–Crippen LogP) is 2.82. The van der Waals surface area contributed by atoms with Gasteiger partial charge in [0.2, 0.25) is 0 Å². The second-order valence-corrected chi connectivity index (χ2v) is 4.73. The summed E-state index contributed by atoms with van der Waals surface area (Å²) in [5, 5.41) is 10.2. The Hall–Kier alpha value is -1.77. The molecule has 0 atom stereocenters. The standard InChI is InChI=1S/C13H15NO2/c1-13(2,12(15)16)7-9-8-14-11-6-4-3-5-10(9)11/h3-6,8,14H,7H2,1-2H3,(H,15,16). The van der Waals surface area contributed by atoms with Gasteiger partial charge in [-0.1, -0.05) is 18.2 Å². The Kier molecular flexibility index (Phi) is 2.46. The summed E-state index contributed by atoms with van der Waals surface area (Å²) in [6.07, 6.45) is 2.43. The largest absolute Gasteiger partial charge is 0.481 e. The third-order valence-corrected chi connectivity index (χ3v) is 2.89. The molecule has 0 aliphatic carbocycles. The molecule has 0 aliphatic rings. The van der Waals surface area contributed by atoms with Crippen molar-refractivity contribution in [1.29, 1.82) is 0 Å². The van der Waals surface area contributed by atoms with E-state index in [0.717, 1.165) is 16.5 Å². The maximum absolute atomic E-state index is 11.1. The van der Waals surface area contributed by atoms with Crippen LogP contribution < -0.4 is 0 Å². The quantitative estimate of drug-likeness (QED) is 0.830. The van der Waals surface area contributed by atoms with Crippen LogP contribution in [0, 0.1) is 5.41 Å². The van der Waals surface area contributed by atoms with E-state index < -0.39 is 11.4 Å². The van der Waals surface area contributed by atoms with Crippen LogP contribution in [0.2, 0.25) is 0 Å². The van der Waals surface area contributed by atoms with Crippen LogP contribution in [0.3, 0.4) is 0 Å². The van der Waals surface area contributed by atoms with Crippen molar-refractivity contribution in [2.75, 3.05) is 0 Å². The first-order valence-electron chi connectivity index (χ1n) is 5.29. The van der Waals surface area contributed by atoms with Gasteiger partial charge < -0.3 is 10.1 Å². The van der Waals surface area contributed by atoms with Crippen LogP contribution in [0.25, 0.3) is 10.9 Å². The monoisotopic (exact) mass is 217 g/mol. The Morgan fingerprint density at radius 3 is 2.75 bits per heavy atom. The lowest BCUT2D eigenvalue weighted by atomic mass is 9.86. The second-order valence-electron chi connectivity index (χ2n) is 4.73. The van der Waals surface area contributed by atoms with Gasteiger partial charge in [0.05, 0.1) is 5.41 Å². The van der Waals surface area contributed by atoms with Crippen molar-refractivity contribution in [3.05, 3.63) is 36.0 Å². The summed E-state index contributed by atoms with van der Waals surface area (Å²) in [6.45, 7) is 3.49. The molecule has 0 aliphatic heterocycles. The Labute approximate surface area is 94.1 Å². The zero-order chi connectivity index (χ0) is 11.8. The van der Waals surface area contributed by atoms with Gasteiger partial charge in [-0.05, 0) is 31.9 Å². The normalized spacial score (nSPS) is 11.9. The zero-order valence-electron chi connectivity index (χ0n) is 9.45. The summed E-state index contributed by atoms with van der Waals surface area (Å²) >= 11 is 0. The van der Waals surface area contributed by atoms with Crippen LogP contribution >= 0.6 is 0 Å². The van der Waals surface area contributed by atoms with Crippen molar-refractivity contribution >= 4 is 16.9 Å². The van der Waals surface area contributed by atoms with Gasteiger partial charge in [0.25, 0.3) is 0 Å². The van der Waals surface area contributed by atoms with Crippen LogP contribution in [-0.4, -0.2) is 16.1 Å². The van der Waals surface area contributed by atoms with Crippen LogP contribution in [0.15, 0.2) is 30.5 Å². The van der Waals surface area contributed by atoms with Gasteiger partial charge in [-0.3, -0.25) is 4.79 Å². The van der Waals surface area contributed by atoms with Gasteiger partial charge in [-0.25, -0.2) is 0 Å². The van der Waals surface area contributed by atoms with Gasteiger partial charge in [0.1, 0.15) is 0 Å². The molecule has 3 heteroatoms. The molecule has 0 unspecified atom stereocenters. The highest BCUT2D eigenvalue weighted by Gasteiger charge is 2.28. The molecule has 2 aromatic rings. The molecule has 1 heterocycles. The van der Waals surface area contributed by atoms with E-state index in [4.69, 9.17) is 5.11 Å².